The number of carbonyl (C=O) groups is 2. The first-order valence-electron chi connectivity index (χ1n) is 7.08. The van der Waals surface area contributed by atoms with Crippen molar-refractivity contribution < 1.29 is 19.1 Å². The molecule has 0 aliphatic heterocycles. The van der Waals surface area contributed by atoms with Gasteiger partial charge in [0.05, 0.1) is 16.4 Å². The van der Waals surface area contributed by atoms with E-state index in [-0.39, 0.29) is 16.3 Å². The van der Waals surface area contributed by atoms with Crippen LogP contribution in [0.2, 0.25) is 0 Å². The van der Waals surface area contributed by atoms with Crippen LogP contribution >= 0.6 is 15.9 Å². The minimum Gasteiger partial charge on any atom is -0.477 e. The Labute approximate surface area is 139 Å². The molecule has 0 bridgehead atoms. The molecule has 2 aromatic rings. The van der Waals surface area contributed by atoms with Gasteiger partial charge in [-0.3, -0.25) is 9.59 Å². The molecule has 0 atom stereocenters. The Morgan fingerprint density at radius 3 is 2.48 bits per heavy atom. The molecule has 2 rings (SSSR count). The number of halogens is 2. The number of carboxylic acid groups (broad SMARTS) is 1. The zero-order chi connectivity index (χ0) is 17.3. The van der Waals surface area contributed by atoms with Crippen molar-refractivity contribution in [2.45, 2.75) is 26.8 Å². The summed E-state index contributed by atoms with van der Waals surface area (Å²) in [6, 6.07) is 0.964. The predicted octanol–water partition coefficient (Wildman–Crippen LogP) is 3.00. The van der Waals surface area contributed by atoms with Crippen LogP contribution < -0.4 is 5.43 Å². The Balaban J connectivity index is 3.08. The molecule has 0 radical (unpaired) electrons. The minimum atomic E-state index is -1.36. The van der Waals surface area contributed by atoms with Crippen LogP contribution in [-0.2, 0) is 13.0 Å². The molecule has 1 heterocycles. The number of nitrogens with zero attached hydrogens (tertiary/aromatic N) is 1. The highest BCUT2D eigenvalue weighted by atomic mass is 79.9. The van der Waals surface area contributed by atoms with Crippen LogP contribution in [0.1, 0.15) is 40.1 Å². The Bertz CT molecular complexity index is 873. The van der Waals surface area contributed by atoms with Gasteiger partial charge in [-0.05, 0) is 25.0 Å². The van der Waals surface area contributed by atoms with Crippen molar-refractivity contribution in [2.75, 3.05) is 5.33 Å². The SMILES string of the molecule is CCc1c(C(=O)CBr)c(F)cc2c(=O)c(C(=O)O)cn(CC)c12. The van der Waals surface area contributed by atoms with E-state index in [0.29, 0.717) is 24.0 Å². The predicted molar refractivity (Wildman–Crippen MR) is 88.3 cm³/mol. The van der Waals surface area contributed by atoms with Crippen LogP contribution in [-0.4, -0.2) is 26.8 Å². The molecule has 0 fully saturated rings. The topological polar surface area (TPSA) is 76.4 Å². The van der Waals surface area contributed by atoms with Crippen molar-refractivity contribution in [2.24, 2.45) is 0 Å². The average Bonchev–Trinajstić information content (AvgIpc) is 2.53. The number of carbonyl (C=O) groups excluding carboxylic acids is 1. The highest BCUT2D eigenvalue weighted by molar-refractivity contribution is 9.09. The lowest BCUT2D eigenvalue weighted by molar-refractivity contribution is 0.0694. The number of carboxylic acids is 1. The number of aromatic nitrogens is 1. The number of ketones is 1. The molecule has 1 N–H and O–H groups in total. The molecule has 5 nitrogen and oxygen atoms in total. The van der Waals surface area contributed by atoms with Gasteiger partial charge in [0.1, 0.15) is 11.4 Å². The Morgan fingerprint density at radius 1 is 1.35 bits per heavy atom. The summed E-state index contributed by atoms with van der Waals surface area (Å²) in [6.45, 7) is 3.93. The number of benzene rings is 1. The van der Waals surface area contributed by atoms with Crippen molar-refractivity contribution in [3.63, 3.8) is 0 Å². The van der Waals surface area contributed by atoms with Crippen LogP contribution in [0.4, 0.5) is 4.39 Å². The molecule has 1 aromatic carbocycles. The highest BCUT2D eigenvalue weighted by Crippen LogP contribution is 2.26. The second kappa shape index (κ2) is 6.62. The second-order valence-corrected chi connectivity index (χ2v) is 5.54. The third-order valence-corrected chi connectivity index (χ3v) is 4.25. The average molecular weight is 384 g/mol. The van der Waals surface area contributed by atoms with E-state index < -0.39 is 28.6 Å². The molecular formula is C16H15BrFNO4. The van der Waals surface area contributed by atoms with Crippen LogP contribution in [0.3, 0.4) is 0 Å². The molecule has 0 saturated heterocycles. The summed E-state index contributed by atoms with van der Waals surface area (Å²) in [6.07, 6.45) is 1.58. The Morgan fingerprint density at radius 2 is 2.00 bits per heavy atom. The van der Waals surface area contributed by atoms with Crippen LogP contribution in [0, 0.1) is 5.82 Å². The molecule has 122 valence electrons. The van der Waals surface area contributed by atoms with Gasteiger partial charge in [0.2, 0.25) is 5.43 Å². The van der Waals surface area contributed by atoms with Crippen molar-refractivity contribution in [3.05, 3.63) is 45.0 Å². The molecule has 0 aliphatic carbocycles. The summed E-state index contributed by atoms with van der Waals surface area (Å²) in [5, 5.41) is 9.10. The lowest BCUT2D eigenvalue weighted by atomic mass is 9.96. The number of aromatic carboxylic acids is 1. The van der Waals surface area contributed by atoms with Gasteiger partial charge in [-0.25, -0.2) is 9.18 Å². The van der Waals surface area contributed by atoms with Crippen molar-refractivity contribution >= 4 is 38.6 Å². The van der Waals surface area contributed by atoms with E-state index in [1.165, 1.54) is 6.20 Å². The number of pyridine rings is 1. The first-order chi connectivity index (χ1) is 10.9. The van der Waals surface area contributed by atoms with E-state index in [1.807, 2.05) is 0 Å². The fourth-order valence-electron chi connectivity index (χ4n) is 2.73. The van der Waals surface area contributed by atoms with Crippen LogP contribution in [0.25, 0.3) is 10.9 Å². The second-order valence-electron chi connectivity index (χ2n) is 4.98. The lowest BCUT2D eigenvalue weighted by Crippen LogP contribution is -2.21. The number of alkyl halides is 1. The largest absolute Gasteiger partial charge is 0.477 e. The van der Waals surface area contributed by atoms with Crippen LogP contribution in [0.15, 0.2) is 17.1 Å². The molecule has 0 saturated carbocycles. The van der Waals surface area contributed by atoms with Gasteiger partial charge in [-0.2, -0.15) is 0 Å². The smallest absolute Gasteiger partial charge is 0.341 e. The van der Waals surface area contributed by atoms with Crippen molar-refractivity contribution in [1.29, 1.82) is 0 Å². The number of aryl methyl sites for hydroxylation is 2. The fourth-order valence-corrected chi connectivity index (χ4v) is 3.01. The third kappa shape index (κ3) is 2.81. The highest BCUT2D eigenvalue weighted by Gasteiger charge is 2.23. The van der Waals surface area contributed by atoms with Gasteiger partial charge in [0, 0.05) is 18.1 Å². The summed E-state index contributed by atoms with van der Waals surface area (Å²) in [5.41, 5.74) is -0.387. The monoisotopic (exact) mass is 383 g/mol. The van der Waals surface area contributed by atoms with Gasteiger partial charge in [-0.15, -0.1) is 0 Å². The van der Waals surface area contributed by atoms with E-state index in [1.54, 1.807) is 18.4 Å². The van der Waals surface area contributed by atoms with Gasteiger partial charge >= 0.3 is 5.97 Å². The minimum absolute atomic E-state index is 0.0211. The molecule has 1 aromatic heterocycles. The van der Waals surface area contributed by atoms with Gasteiger partial charge < -0.3 is 9.67 Å². The summed E-state index contributed by atoms with van der Waals surface area (Å²) >= 11 is 3.03. The molecule has 0 aliphatic rings. The number of Topliss-reactive ketones (excluding diaryl/α,β-unsaturated/α-hetero) is 1. The molecule has 0 amide bonds. The first kappa shape index (κ1) is 17.3. The third-order valence-electron chi connectivity index (χ3n) is 3.74. The Kier molecular flexibility index (Phi) is 4.99. The number of hydrogen-bond acceptors (Lipinski definition) is 3. The van der Waals surface area contributed by atoms with Gasteiger partial charge in [-0.1, -0.05) is 22.9 Å². The summed E-state index contributed by atoms with van der Waals surface area (Å²) in [5.74, 6) is -2.59. The van der Waals surface area contributed by atoms with E-state index in [0.717, 1.165) is 6.07 Å². The number of rotatable bonds is 5. The summed E-state index contributed by atoms with van der Waals surface area (Å²) < 4.78 is 16.0. The molecule has 7 heteroatoms. The van der Waals surface area contributed by atoms with Crippen molar-refractivity contribution in [3.8, 4) is 0 Å². The molecular weight excluding hydrogens is 369 g/mol. The van der Waals surface area contributed by atoms with Gasteiger partial charge in [0.15, 0.2) is 5.78 Å². The molecule has 0 unspecified atom stereocenters. The zero-order valence-electron chi connectivity index (χ0n) is 12.7. The number of fused-ring (bicyclic) bond motifs is 1. The van der Waals surface area contributed by atoms with E-state index >= 15 is 0 Å². The number of hydrogen-bond donors (Lipinski definition) is 1. The zero-order valence-corrected chi connectivity index (χ0v) is 14.2. The van der Waals surface area contributed by atoms with Crippen molar-refractivity contribution in [1.82, 2.24) is 4.57 Å². The maximum absolute atomic E-state index is 14.4. The normalized spacial score (nSPS) is 11.0. The maximum atomic E-state index is 14.4. The Hall–Kier alpha value is -2.02. The molecule has 23 heavy (non-hydrogen) atoms. The van der Waals surface area contributed by atoms with Crippen LogP contribution in [0.5, 0.6) is 0 Å². The summed E-state index contributed by atoms with van der Waals surface area (Å²) in [4.78, 5) is 35.6. The van der Waals surface area contributed by atoms with E-state index in [9.17, 15) is 18.8 Å². The molecule has 0 spiro atoms. The van der Waals surface area contributed by atoms with Gasteiger partial charge in [0.25, 0.3) is 0 Å². The summed E-state index contributed by atoms with van der Waals surface area (Å²) in [7, 11) is 0. The fraction of sp³-hybridized carbons (Fsp3) is 0.312. The quantitative estimate of drug-likeness (QED) is 0.635. The standard InChI is InChI=1S/C16H15BrFNO4/c1-3-8-13(12(20)6-17)11(18)5-9-14(8)19(4-2)7-10(15(9)21)16(22)23/h5,7H,3-4,6H2,1-2H3,(H,22,23). The first-order valence-corrected chi connectivity index (χ1v) is 8.20. The van der Waals surface area contributed by atoms with E-state index in [2.05, 4.69) is 15.9 Å². The van der Waals surface area contributed by atoms with E-state index in [4.69, 9.17) is 5.11 Å². The lowest BCUT2D eigenvalue weighted by Gasteiger charge is -2.17. The maximum Gasteiger partial charge on any atom is 0.341 e.